The van der Waals surface area contributed by atoms with Crippen LogP contribution < -0.4 is 5.32 Å². The van der Waals surface area contributed by atoms with Gasteiger partial charge in [-0.05, 0) is 13.3 Å². The van der Waals surface area contributed by atoms with Crippen molar-refractivity contribution in [2.75, 3.05) is 32.1 Å². The first-order valence-corrected chi connectivity index (χ1v) is 5.87. The van der Waals surface area contributed by atoms with E-state index in [9.17, 15) is 0 Å². The maximum Gasteiger partial charge on any atom is 0.0463 e. The molecule has 0 aromatic rings. The third-order valence-corrected chi connectivity index (χ3v) is 3.06. The van der Waals surface area contributed by atoms with Gasteiger partial charge in [0.25, 0.3) is 0 Å². The molecule has 0 aliphatic carbocycles. The largest absolute Gasteiger partial charge is 0.314 e. The molecule has 0 spiro atoms. The highest BCUT2D eigenvalue weighted by Gasteiger charge is 2.23. The third kappa shape index (κ3) is 6.40. The third-order valence-electron chi connectivity index (χ3n) is 2.56. The molecule has 0 radical (unpaired) electrons. The first-order valence-electron chi connectivity index (χ1n) is 4.90. The number of alkyl halides is 2. The van der Waals surface area contributed by atoms with Crippen LogP contribution in [0.25, 0.3) is 0 Å². The van der Waals surface area contributed by atoms with Gasteiger partial charge in [-0.3, -0.25) is 4.90 Å². The summed E-state index contributed by atoms with van der Waals surface area (Å²) in [6.45, 7) is 6.39. The van der Waals surface area contributed by atoms with E-state index in [2.05, 4.69) is 17.1 Å². The molecular formula is C9H20Cl4N2. The fraction of sp³-hybridized carbons (Fsp3) is 1.00. The fourth-order valence-corrected chi connectivity index (χ4v) is 2.34. The summed E-state index contributed by atoms with van der Waals surface area (Å²) in [6, 6.07) is 0.446. The lowest BCUT2D eigenvalue weighted by Crippen LogP contribution is -2.51. The topological polar surface area (TPSA) is 15.3 Å². The second-order valence-corrected chi connectivity index (χ2v) is 4.57. The fourth-order valence-electron chi connectivity index (χ4n) is 1.83. The van der Waals surface area contributed by atoms with Gasteiger partial charge < -0.3 is 5.32 Å². The average molecular weight is 298 g/mol. The van der Waals surface area contributed by atoms with Crippen LogP contribution in [0.5, 0.6) is 0 Å². The van der Waals surface area contributed by atoms with Gasteiger partial charge in [0.1, 0.15) is 0 Å². The molecule has 1 aliphatic rings. The van der Waals surface area contributed by atoms with Crippen LogP contribution in [0.2, 0.25) is 0 Å². The molecule has 2 nitrogen and oxygen atoms in total. The van der Waals surface area contributed by atoms with E-state index in [-0.39, 0.29) is 30.2 Å². The van der Waals surface area contributed by atoms with Crippen molar-refractivity contribution in [2.45, 2.75) is 24.8 Å². The summed E-state index contributed by atoms with van der Waals surface area (Å²) in [7, 11) is 0. The van der Waals surface area contributed by atoms with Gasteiger partial charge in [-0.1, -0.05) is 0 Å². The zero-order chi connectivity index (χ0) is 9.68. The molecule has 94 valence electrons. The van der Waals surface area contributed by atoms with E-state index in [0.717, 1.165) is 32.6 Å². The SMILES string of the molecule is CC(Cl)C(CCCl)N1CCNCC1.Cl.Cl. The van der Waals surface area contributed by atoms with Crippen molar-refractivity contribution in [3.05, 3.63) is 0 Å². The van der Waals surface area contributed by atoms with Crippen molar-refractivity contribution in [2.24, 2.45) is 0 Å². The number of nitrogens with zero attached hydrogens (tertiary/aromatic N) is 1. The molecule has 1 N–H and O–H groups in total. The molecule has 0 amide bonds. The van der Waals surface area contributed by atoms with Gasteiger partial charge in [-0.15, -0.1) is 48.0 Å². The Hall–Kier alpha value is 1.08. The van der Waals surface area contributed by atoms with Gasteiger partial charge in [-0.25, -0.2) is 0 Å². The molecule has 0 bridgehead atoms. The van der Waals surface area contributed by atoms with E-state index in [1.165, 1.54) is 0 Å². The molecule has 6 heteroatoms. The Labute approximate surface area is 115 Å². The van der Waals surface area contributed by atoms with Crippen molar-refractivity contribution in [1.29, 1.82) is 0 Å². The summed E-state index contributed by atoms with van der Waals surface area (Å²) in [5.74, 6) is 0.700. The first-order chi connectivity index (χ1) is 6.25. The average Bonchev–Trinajstić information content (AvgIpc) is 2.15. The minimum Gasteiger partial charge on any atom is -0.314 e. The van der Waals surface area contributed by atoms with E-state index < -0.39 is 0 Å². The van der Waals surface area contributed by atoms with Crippen LogP contribution in [-0.4, -0.2) is 48.4 Å². The number of nitrogens with one attached hydrogen (secondary N) is 1. The van der Waals surface area contributed by atoms with Crippen LogP contribution in [0.15, 0.2) is 0 Å². The monoisotopic (exact) mass is 296 g/mol. The van der Waals surface area contributed by atoms with Crippen LogP contribution in [-0.2, 0) is 0 Å². The van der Waals surface area contributed by atoms with E-state index in [0.29, 0.717) is 11.9 Å². The predicted octanol–water partition coefficient (Wildman–Crippen LogP) is 2.36. The minimum absolute atomic E-state index is 0. The quantitative estimate of drug-likeness (QED) is 0.802. The maximum absolute atomic E-state index is 6.14. The summed E-state index contributed by atoms with van der Waals surface area (Å²) in [5, 5.41) is 3.52. The van der Waals surface area contributed by atoms with Gasteiger partial charge in [0.2, 0.25) is 0 Å². The number of rotatable bonds is 4. The summed E-state index contributed by atoms with van der Waals surface area (Å²) >= 11 is 11.9. The van der Waals surface area contributed by atoms with Crippen LogP contribution in [0, 0.1) is 0 Å². The van der Waals surface area contributed by atoms with Gasteiger partial charge in [0.15, 0.2) is 0 Å². The van der Waals surface area contributed by atoms with Gasteiger partial charge in [0.05, 0.1) is 0 Å². The lowest BCUT2D eigenvalue weighted by Gasteiger charge is -2.36. The van der Waals surface area contributed by atoms with Crippen molar-refractivity contribution in [1.82, 2.24) is 10.2 Å². The molecule has 1 heterocycles. The van der Waals surface area contributed by atoms with Gasteiger partial charge in [0, 0.05) is 43.5 Å². The molecule has 15 heavy (non-hydrogen) atoms. The maximum atomic E-state index is 6.14. The van der Waals surface area contributed by atoms with Crippen LogP contribution in [0.3, 0.4) is 0 Å². The highest BCUT2D eigenvalue weighted by atomic mass is 35.5. The zero-order valence-electron chi connectivity index (χ0n) is 8.92. The van der Waals surface area contributed by atoms with E-state index in [1.807, 2.05) is 0 Å². The minimum atomic E-state index is 0. The number of hydrogen-bond donors (Lipinski definition) is 1. The number of halogens is 4. The Bertz CT molecular complexity index is 140. The van der Waals surface area contributed by atoms with Gasteiger partial charge in [-0.2, -0.15) is 0 Å². The van der Waals surface area contributed by atoms with Crippen molar-refractivity contribution in [3.63, 3.8) is 0 Å². The highest BCUT2D eigenvalue weighted by molar-refractivity contribution is 6.21. The Morgan fingerprint density at radius 2 is 1.80 bits per heavy atom. The van der Waals surface area contributed by atoms with Gasteiger partial charge >= 0.3 is 0 Å². The Morgan fingerprint density at radius 3 is 2.20 bits per heavy atom. The smallest absolute Gasteiger partial charge is 0.0463 e. The summed E-state index contributed by atoms with van der Waals surface area (Å²) in [4.78, 5) is 2.44. The highest BCUT2D eigenvalue weighted by Crippen LogP contribution is 2.15. The second kappa shape index (κ2) is 10.2. The van der Waals surface area contributed by atoms with E-state index in [1.54, 1.807) is 0 Å². The van der Waals surface area contributed by atoms with E-state index >= 15 is 0 Å². The molecule has 1 fully saturated rings. The molecule has 1 saturated heterocycles. The standard InChI is InChI=1S/C9H18Cl2N2.2ClH/c1-8(11)9(2-3-10)13-6-4-12-5-7-13;;/h8-9,12H,2-7H2,1H3;2*1H. The van der Waals surface area contributed by atoms with Crippen molar-refractivity contribution < 1.29 is 0 Å². The Kier molecular flexibility index (Phi) is 12.6. The number of piperazine rings is 1. The zero-order valence-corrected chi connectivity index (χ0v) is 12.1. The second-order valence-electron chi connectivity index (χ2n) is 3.51. The van der Waals surface area contributed by atoms with Crippen LogP contribution in [0.1, 0.15) is 13.3 Å². The summed E-state index contributed by atoms with van der Waals surface area (Å²) < 4.78 is 0. The molecule has 2 atom stereocenters. The van der Waals surface area contributed by atoms with Crippen molar-refractivity contribution >= 4 is 48.0 Å². The summed E-state index contributed by atoms with van der Waals surface area (Å²) in [5.41, 5.74) is 0. The Morgan fingerprint density at radius 1 is 1.27 bits per heavy atom. The van der Waals surface area contributed by atoms with Crippen molar-refractivity contribution in [3.8, 4) is 0 Å². The lowest BCUT2D eigenvalue weighted by atomic mass is 10.1. The predicted molar refractivity (Wildman–Crippen MR) is 73.4 cm³/mol. The molecule has 0 aromatic heterocycles. The molecule has 1 aliphatic heterocycles. The summed E-state index contributed by atoms with van der Waals surface area (Å²) in [6.07, 6.45) is 0.992. The molecule has 0 saturated carbocycles. The molecule has 1 rings (SSSR count). The van der Waals surface area contributed by atoms with Crippen LogP contribution in [0.4, 0.5) is 0 Å². The normalized spacial score (nSPS) is 21.0. The molecular weight excluding hydrogens is 278 g/mol. The number of hydrogen-bond acceptors (Lipinski definition) is 2. The molecule has 2 unspecified atom stereocenters. The van der Waals surface area contributed by atoms with E-state index in [4.69, 9.17) is 23.2 Å². The van der Waals surface area contributed by atoms with Crippen LogP contribution >= 0.6 is 48.0 Å². The Balaban J connectivity index is 0. The molecule has 0 aromatic carbocycles. The first kappa shape index (κ1) is 18.4. The lowest BCUT2D eigenvalue weighted by molar-refractivity contribution is 0.167.